The number of nitrogens with zero attached hydrogens (tertiary/aromatic N) is 3. The lowest BCUT2D eigenvalue weighted by Crippen LogP contribution is -2.28. The van der Waals surface area contributed by atoms with E-state index in [2.05, 4.69) is 10.1 Å². The van der Waals surface area contributed by atoms with Crippen LogP contribution in [0.3, 0.4) is 0 Å². The zero-order valence-electron chi connectivity index (χ0n) is 8.29. The van der Waals surface area contributed by atoms with Gasteiger partial charge in [0, 0.05) is 6.54 Å². The Morgan fingerprint density at radius 3 is 2.88 bits per heavy atom. The predicted octanol–water partition coefficient (Wildman–Crippen LogP) is -0.264. The van der Waals surface area contributed by atoms with Crippen molar-refractivity contribution in [1.29, 1.82) is 0 Å². The van der Waals surface area contributed by atoms with Gasteiger partial charge in [0.25, 0.3) is 0 Å². The predicted molar refractivity (Wildman–Crippen MR) is 58.0 cm³/mol. The number of imidazole rings is 1. The summed E-state index contributed by atoms with van der Waals surface area (Å²) in [7, 11) is 0. The summed E-state index contributed by atoms with van der Waals surface area (Å²) in [6, 6.07) is 3.26. The van der Waals surface area contributed by atoms with Crippen molar-refractivity contribution in [3.05, 3.63) is 29.2 Å². The minimum atomic E-state index is -1.13. The molecule has 2 heterocycles. The molecule has 6 nitrogen and oxygen atoms in total. The van der Waals surface area contributed by atoms with Crippen molar-refractivity contribution in [3.63, 3.8) is 0 Å². The molecule has 0 saturated heterocycles. The number of halogens is 1. The zero-order chi connectivity index (χ0) is 11.7. The maximum absolute atomic E-state index is 9.79. The highest BCUT2D eigenvalue weighted by atomic mass is 35.5. The monoisotopic (exact) mass is 242 g/mol. The molecule has 0 spiro atoms. The second kappa shape index (κ2) is 4.34. The molecular formula is C9H11ClN4O2. The Balaban J connectivity index is 2.48. The van der Waals surface area contributed by atoms with Gasteiger partial charge in [-0.1, -0.05) is 11.6 Å². The summed E-state index contributed by atoms with van der Waals surface area (Å²) >= 11 is 5.74. The molecule has 0 aliphatic carbocycles. The van der Waals surface area contributed by atoms with E-state index in [1.807, 2.05) is 0 Å². The maximum Gasteiger partial charge on any atom is 0.153 e. The molecule has 7 heteroatoms. The van der Waals surface area contributed by atoms with Crippen LogP contribution in [-0.4, -0.2) is 37.5 Å². The van der Waals surface area contributed by atoms with Crippen molar-refractivity contribution in [3.8, 4) is 0 Å². The van der Waals surface area contributed by atoms with E-state index >= 15 is 0 Å². The fraction of sp³-hybridized carbons (Fsp3) is 0.333. The van der Waals surface area contributed by atoms with Crippen LogP contribution in [-0.2, 0) is 0 Å². The summed E-state index contributed by atoms with van der Waals surface area (Å²) in [5.74, 6) is 0. The molecule has 0 aliphatic heterocycles. The Bertz CT molecular complexity index is 501. The normalized spacial score (nSPS) is 15.2. The van der Waals surface area contributed by atoms with Gasteiger partial charge in [0.15, 0.2) is 5.65 Å². The first kappa shape index (κ1) is 11.3. The Kier molecular flexibility index (Phi) is 3.06. The van der Waals surface area contributed by atoms with Crippen LogP contribution in [0.5, 0.6) is 0 Å². The van der Waals surface area contributed by atoms with Gasteiger partial charge in [0.1, 0.15) is 11.3 Å². The van der Waals surface area contributed by atoms with E-state index in [1.54, 1.807) is 12.1 Å². The molecule has 86 valence electrons. The van der Waals surface area contributed by atoms with Crippen LogP contribution < -0.4 is 5.73 Å². The van der Waals surface area contributed by atoms with E-state index in [0.29, 0.717) is 11.3 Å². The minimum Gasteiger partial charge on any atom is -0.389 e. The van der Waals surface area contributed by atoms with Crippen LogP contribution in [0, 0.1) is 0 Å². The lowest BCUT2D eigenvalue weighted by Gasteiger charge is -2.14. The maximum atomic E-state index is 9.79. The first-order chi connectivity index (χ1) is 7.63. The second-order valence-corrected chi connectivity index (χ2v) is 3.74. The number of hydrogen-bond acceptors (Lipinski definition) is 5. The lowest BCUT2D eigenvalue weighted by molar-refractivity contribution is 0.0206. The molecule has 2 atom stereocenters. The van der Waals surface area contributed by atoms with Gasteiger partial charge in [0.05, 0.1) is 18.0 Å². The first-order valence-corrected chi connectivity index (χ1v) is 5.07. The molecule has 2 unspecified atom stereocenters. The quantitative estimate of drug-likeness (QED) is 0.689. The molecule has 0 aromatic carbocycles. The number of fused-ring (bicyclic) bond motifs is 1. The highest BCUT2D eigenvalue weighted by molar-refractivity contribution is 6.29. The third-order valence-corrected chi connectivity index (χ3v) is 2.47. The third kappa shape index (κ3) is 1.88. The summed E-state index contributed by atoms with van der Waals surface area (Å²) in [5.41, 5.74) is 6.17. The van der Waals surface area contributed by atoms with Gasteiger partial charge in [-0.3, -0.25) is 0 Å². The molecule has 16 heavy (non-hydrogen) atoms. The van der Waals surface area contributed by atoms with E-state index in [1.165, 1.54) is 10.7 Å². The Hall–Kier alpha value is -1.21. The van der Waals surface area contributed by atoms with Crippen molar-refractivity contribution in [2.45, 2.75) is 12.2 Å². The highest BCUT2D eigenvalue weighted by Crippen LogP contribution is 2.18. The number of aliphatic hydroxyl groups is 2. The molecule has 0 radical (unpaired) electrons. The summed E-state index contributed by atoms with van der Waals surface area (Å²) in [6.07, 6.45) is -0.756. The molecular weight excluding hydrogens is 232 g/mol. The van der Waals surface area contributed by atoms with Gasteiger partial charge < -0.3 is 15.9 Å². The number of nitrogens with two attached hydrogens (primary N) is 1. The van der Waals surface area contributed by atoms with Crippen LogP contribution in [0.15, 0.2) is 18.3 Å². The third-order valence-electron chi connectivity index (χ3n) is 2.27. The number of rotatable bonds is 3. The van der Waals surface area contributed by atoms with Gasteiger partial charge in [-0.25, -0.2) is 9.50 Å². The largest absolute Gasteiger partial charge is 0.389 e. The van der Waals surface area contributed by atoms with Gasteiger partial charge in [-0.05, 0) is 12.1 Å². The van der Waals surface area contributed by atoms with E-state index in [9.17, 15) is 10.2 Å². The molecule has 2 aromatic heterocycles. The van der Waals surface area contributed by atoms with Crippen LogP contribution in [0.25, 0.3) is 5.65 Å². The summed E-state index contributed by atoms with van der Waals surface area (Å²) in [5, 5.41) is 23.5. The van der Waals surface area contributed by atoms with E-state index < -0.39 is 12.2 Å². The topological polar surface area (TPSA) is 96.7 Å². The lowest BCUT2D eigenvalue weighted by atomic mass is 10.1. The van der Waals surface area contributed by atoms with E-state index in [0.717, 1.165) is 0 Å². The van der Waals surface area contributed by atoms with Crippen molar-refractivity contribution >= 4 is 17.2 Å². The molecule has 4 N–H and O–H groups in total. The fourth-order valence-electron chi connectivity index (χ4n) is 1.40. The zero-order valence-corrected chi connectivity index (χ0v) is 9.04. The molecule has 2 rings (SSSR count). The highest BCUT2D eigenvalue weighted by Gasteiger charge is 2.21. The van der Waals surface area contributed by atoms with Crippen molar-refractivity contribution in [2.75, 3.05) is 6.54 Å². The van der Waals surface area contributed by atoms with Crippen LogP contribution >= 0.6 is 11.6 Å². The first-order valence-electron chi connectivity index (χ1n) is 4.70. The molecule has 0 saturated carbocycles. The van der Waals surface area contributed by atoms with E-state index in [4.69, 9.17) is 17.3 Å². The molecule has 0 amide bonds. The standard InChI is InChI=1S/C9H11ClN4O2/c10-7-1-2-8-12-4-5(14(8)13-7)9(16)6(15)3-11/h1-2,4,6,9,15-16H,3,11H2. The molecule has 0 bridgehead atoms. The van der Waals surface area contributed by atoms with E-state index in [-0.39, 0.29) is 11.7 Å². The van der Waals surface area contributed by atoms with Gasteiger partial charge in [-0.2, -0.15) is 5.10 Å². The SMILES string of the molecule is NCC(O)C(O)c1cnc2ccc(Cl)nn12. The summed E-state index contributed by atoms with van der Waals surface area (Å²) < 4.78 is 1.38. The molecule has 0 fully saturated rings. The molecule has 0 aliphatic rings. The minimum absolute atomic E-state index is 0.0467. The second-order valence-electron chi connectivity index (χ2n) is 3.36. The number of aliphatic hydroxyl groups excluding tert-OH is 2. The Morgan fingerprint density at radius 2 is 2.19 bits per heavy atom. The molecule has 2 aromatic rings. The van der Waals surface area contributed by atoms with Crippen molar-refractivity contribution < 1.29 is 10.2 Å². The Labute approximate surface area is 96.3 Å². The van der Waals surface area contributed by atoms with Gasteiger partial charge in [0.2, 0.25) is 0 Å². The van der Waals surface area contributed by atoms with Crippen LogP contribution in [0.1, 0.15) is 11.8 Å². The van der Waals surface area contributed by atoms with Gasteiger partial charge >= 0.3 is 0 Å². The van der Waals surface area contributed by atoms with Crippen molar-refractivity contribution in [2.24, 2.45) is 5.73 Å². The summed E-state index contributed by atoms with van der Waals surface area (Å²) in [4.78, 5) is 4.03. The van der Waals surface area contributed by atoms with Crippen LogP contribution in [0.2, 0.25) is 5.15 Å². The summed E-state index contributed by atoms with van der Waals surface area (Å²) in [6.45, 7) is -0.0467. The van der Waals surface area contributed by atoms with Crippen molar-refractivity contribution in [1.82, 2.24) is 14.6 Å². The van der Waals surface area contributed by atoms with Crippen LogP contribution in [0.4, 0.5) is 0 Å². The Morgan fingerprint density at radius 1 is 1.44 bits per heavy atom. The average Bonchev–Trinajstić information content (AvgIpc) is 2.69. The van der Waals surface area contributed by atoms with Gasteiger partial charge in [-0.15, -0.1) is 0 Å². The number of aromatic nitrogens is 3. The smallest absolute Gasteiger partial charge is 0.153 e. The number of hydrogen-bond donors (Lipinski definition) is 3. The fourth-order valence-corrected chi connectivity index (χ4v) is 1.53. The average molecular weight is 243 g/mol.